The number of nitrogens with one attached hydrogen (secondary N) is 2. The zero-order chi connectivity index (χ0) is 9.26. The summed E-state index contributed by atoms with van der Waals surface area (Å²) in [6.07, 6.45) is 2.05. The van der Waals surface area contributed by atoms with Gasteiger partial charge in [0.1, 0.15) is 5.71 Å². The molecule has 0 saturated carbocycles. The molecule has 0 aliphatic carbocycles. The summed E-state index contributed by atoms with van der Waals surface area (Å²) in [6.45, 7) is 0. The van der Waals surface area contributed by atoms with Gasteiger partial charge in [0.05, 0.1) is 5.69 Å². The molecule has 1 amide bonds. The molecule has 1 aliphatic heterocycles. The van der Waals surface area contributed by atoms with Crippen molar-refractivity contribution in [3.8, 4) is 0 Å². The molecule has 0 atom stereocenters. The Balaban J connectivity index is 2.26. The van der Waals surface area contributed by atoms with Crippen LogP contribution < -0.4 is 5.43 Å². The number of aromatic nitrogens is 1. The van der Waals surface area contributed by atoms with Crippen LogP contribution in [0.5, 0.6) is 0 Å². The van der Waals surface area contributed by atoms with Gasteiger partial charge in [0.2, 0.25) is 0 Å². The molecule has 2 heterocycles. The van der Waals surface area contributed by atoms with Crippen molar-refractivity contribution < 1.29 is 4.79 Å². The molecular formula is C7H6N4O2. The topological polar surface area (TPSA) is 86.7 Å². The molecular weight excluding hydrogens is 172 g/mol. The summed E-state index contributed by atoms with van der Waals surface area (Å²) in [5, 5.41) is 6.01. The predicted molar refractivity (Wildman–Crippen MR) is 46.4 cm³/mol. The summed E-state index contributed by atoms with van der Waals surface area (Å²) < 4.78 is 0. The van der Waals surface area contributed by atoms with Crippen molar-refractivity contribution in [2.45, 2.75) is 6.42 Å². The number of H-pyrrole nitrogens is 1. The van der Waals surface area contributed by atoms with Gasteiger partial charge >= 0.3 is 5.91 Å². The fourth-order valence-corrected chi connectivity index (χ4v) is 1.17. The van der Waals surface area contributed by atoms with Crippen LogP contribution in [-0.4, -0.2) is 16.6 Å². The Hall–Kier alpha value is -1.98. The van der Waals surface area contributed by atoms with E-state index in [-0.39, 0.29) is 5.71 Å². The molecule has 0 radical (unpaired) electrons. The van der Waals surface area contributed by atoms with Gasteiger partial charge in [0.25, 0.3) is 0 Å². The number of carbonyl (C=O) groups is 1. The molecule has 0 saturated heterocycles. The molecule has 0 spiro atoms. The third-order valence-corrected chi connectivity index (χ3v) is 1.82. The second kappa shape index (κ2) is 2.81. The number of hydrogen-bond donors (Lipinski definition) is 2. The Kier molecular flexibility index (Phi) is 1.66. The Morgan fingerprint density at radius 1 is 1.62 bits per heavy atom. The number of carbonyl (C=O) groups excluding carboxylic acids is 1. The van der Waals surface area contributed by atoms with Crippen LogP contribution in [0.3, 0.4) is 0 Å². The first-order valence-corrected chi connectivity index (χ1v) is 3.68. The number of fused-ring (bicyclic) bond motifs is 1. The zero-order valence-corrected chi connectivity index (χ0v) is 6.57. The van der Waals surface area contributed by atoms with E-state index in [0.717, 1.165) is 11.4 Å². The monoisotopic (exact) mass is 178 g/mol. The number of amides is 1. The van der Waals surface area contributed by atoms with Gasteiger partial charge in [-0.1, -0.05) is 0 Å². The van der Waals surface area contributed by atoms with Crippen LogP contribution in [0.2, 0.25) is 0 Å². The Morgan fingerprint density at radius 2 is 2.46 bits per heavy atom. The van der Waals surface area contributed by atoms with E-state index in [1.807, 2.05) is 0 Å². The van der Waals surface area contributed by atoms with Gasteiger partial charge in [0, 0.05) is 23.5 Å². The lowest BCUT2D eigenvalue weighted by Crippen LogP contribution is -2.20. The lowest BCUT2D eigenvalue weighted by molar-refractivity contribution is -0.112. The minimum Gasteiger partial charge on any atom is -0.363 e. The molecule has 1 aliphatic rings. The molecule has 13 heavy (non-hydrogen) atoms. The van der Waals surface area contributed by atoms with Crippen molar-refractivity contribution in [2.24, 2.45) is 10.3 Å². The summed E-state index contributed by atoms with van der Waals surface area (Å²) in [6, 6.07) is 1.80. The first kappa shape index (κ1) is 7.66. The standard InChI is InChI=1S/C7H6N4O2/c12-7(11-13)6-3-5-4(9-10-6)1-2-8-5/h1-2,8-9H,3H2. The van der Waals surface area contributed by atoms with E-state index >= 15 is 0 Å². The van der Waals surface area contributed by atoms with Crippen LogP contribution in [-0.2, 0) is 11.2 Å². The quantitative estimate of drug-likeness (QED) is 0.618. The van der Waals surface area contributed by atoms with E-state index in [0.29, 0.717) is 6.42 Å². The zero-order valence-electron chi connectivity index (χ0n) is 6.57. The van der Waals surface area contributed by atoms with Crippen LogP contribution >= 0.6 is 0 Å². The predicted octanol–water partition coefficient (Wildman–Crippen LogP) is 0.632. The van der Waals surface area contributed by atoms with Crippen LogP contribution in [0.15, 0.2) is 22.5 Å². The molecule has 2 rings (SSSR count). The van der Waals surface area contributed by atoms with Gasteiger partial charge in [-0.15, -0.1) is 4.91 Å². The van der Waals surface area contributed by atoms with E-state index in [4.69, 9.17) is 0 Å². The van der Waals surface area contributed by atoms with E-state index in [1.165, 1.54) is 0 Å². The van der Waals surface area contributed by atoms with Crippen LogP contribution in [0.25, 0.3) is 0 Å². The lowest BCUT2D eigenvalue weighted by Gasteiger charge is -2.09. The first-order valence-electron chi connectivity index (χ1n) is 3.68. The van der Waals surface area contributed by atoms with Crippen LogP contribution in [0.4, 0.5) is 5.69 Å². The number of anilines is 1. The second-order valence-electron chi connectivity index (χ2n) is 2.61. The van der Waals surface area contributed by atoms with Gasteiger partial charge in [-0.25, -0.2) is 0 Å². The van der Waals surface area contributed by atoms with Crippen molar-refractivity contribution in [3.05, 3.63) is 22.9 Å². The largest absolute Gasteiger partial charge is 0.363 e. The van der Waals surface area contributed by atoms with Gasteiger partial charge in [-0.05, 0) is 6.07 Å². The maximum absolute atomic E-state index is 10.8. The van der Waals surface area contributed by atoms with E-state index < -0.39 is 5.91 Å². The van der Waals surface area contributed by atoms with Crippen LogP contribution in [0, 0.1) is 4.91 Å². The van der Waals surface area contributed by atoms with Crippen molar-refractivity contribution in [1.29, 1.82) is 0 Å². The average Bonchev–Trinajstić information content (AvgIpc) is 2.63. The minimum atomic E-state index is -0.826. The highest BCUT2D eigenvalue weighted by Crippen LogP contribution is 2.18. The third-order valence-electron chi connectivity index (χ3n) is 1.82. The fraction of sp³-hybridized carbons (Fsp3) is 0.143. The number of rotatable bonds is 1. The molecule has 1 aromatic heterocycles. The van der Waals surface area contributed by atoms with Gasteiger partial charge < -0.3 is 4.98 Å². The summed E-state index contributed by atoms with van der Waals surface area (Å²) in [5.74, 6) is -0.826. The maximum Gasteiger partial charge on any atom is 0.333 e. The van der Waals surface area contributed by atoms with Crippen molar-refractivity contribution >= 4 is 17.3 Å². The molecule has 6 nitrogen and oxygen atoms in total. The van der Waals surface area contributed by atoms with E-state index in [1.54, 1.807) is 12.3 Å². The third kappa shape index (κ3) is 1.22. The highest BCUT2D eigenvalue weighted by Gasteiger charge is 2.19. The summed E-state index contributed by atoms with van der Waals surface area (Å²) in [4.78, 5) is 23.7. The molecule has 1 aromatic rings. The van der Waals surface area contributed by atoms with E-state index in [2.05, 4.69) is 20.7 Å². The van der Waals surface area contributed by atoms with Gasteiger partial charge in [-0.2, -0.15) is 5.10 Å². The summed E-state index contributed by atoms with van der Waals surface area (Å²) in [7, 11) is 0. The Labute approximate surface area is 73.0 Å². The highest BCUT2D eigenvalue weighted by atomic mass is 16.3. The second-order valence-corrected chi connectivity index (χ2v) is 2.61. The number of hydrogen-bond acceptors (Lipinski definition) is 4. The number of nitroso groups, excluding NO2 is 1. The number of aromatic amines is 1. The maximum atomic E-state index is 10.8. The minimum absolute atomic E-state index is 0.130. The summed E-state index contributed by atoms with van der Waals surface area (Å²) in [5.41, 5.74) is 4.43. The Bertz CT molecular complexity index is 393. The number of hydrazone groups is 1. The van der Waals surface area contributed by atoms with Crippen molar-refractivity contribution in [1.82, 2.24) is 4.98 Å². The van der Waals surface area contributed by atoms with E-state index in [9.17, 15) is 9.70 Å². The first-order chi connectivity index (χ1) is 6.31. The molecule has 66 valence electrons. The average molecular weight is 178 g/mol. The molecule has 0 bridgehead atoms. The van der Waals surface area contributed by atoms with Gasteiger partial charge in [-0.3, -0.25) is 10.2 Å². The molecule has 0 aromatic carbocycles. The van der Waals surface area contributed by atoms with Crippen LogP contribution in [0.1, 0.15) is 5.69 Å². The SMILES string of the molecule is O=NC(=O)C1=NNc2cc[nH]c2C1. The lowest BCUT2D eigenvalue weighted by atomic mass is 10.1. The number of nitrogens with zero attached hydrogens (tertiary/aromatic N) is 2. The van der Waals surface area contributed by atoms with Crippen molar-refractivity contribution in [3.63, 3.8) is 0 Å². The fourth-order valence-electron chi connectivity index (χ4n) is 1.17. The smallest absolute Gasteiger partial charge is 0.333 e. The molecule has 6 heteroatoms. The van der Waals surface area contributed by atoms with Crippen molar-refractivity contribution in [2.75, 3.05) is 5.43 Å². The summed E-state index contributed by atoms with van der Waals surface area (Å²) >= 11 is 0. The molecule has 0 unspecified atom stereocenters. The van der Waals surface area contributed by atoms with Gasteiger partial charge in [0.15, 0.2) is 0 Å². The molecule has 2 N–H and O–H groups in total. The highest BCUT2D eigenvalue weighted by molar-refractivity contribution is 6.40. The molecule has 0 fully saturated rings. The Morgan fingerprint density at radius 3 is 3.23 bits per heavy atom. The normalized spacial score (nSPS) is 14.0.